The molecule has 4 heteroatoms. The van der Waals surface area contributed by atoms with Gasteiger partial charge in [-0.3, -0.25) is 4.98 Å². The molecule has 1 heterocycles. The first-order chi connectivity index (χ1) is 12.1. The first-order valence-electron chi connectivity index (χ1n) is 9.30. The number of nitrogens with zero attached hydrogens (tertiary/aromatic N) is 2. The fraction of sp³-hybridized carbons (Fsp3) is 0.476. The molecule has 1 N–H and O–H groups in total. The van der Waals surface area contributed by atoms with Crippen molar-refractivity contribution < 1.29 is 0 Å². The first-order valence-corrected chi connectivity index (χ1v) is 10.4. The first kappa shape index (κ1) is 18.4. The van der Waals surface area contributed by atoms with Gasteiger partial charge in [0, 0.05) is 38.6 Å². The van der Waals surface area contributed by atoms with E-state index >= 15 is 0 Å². The molecule has 0 aliphatic heterocycles. The van der Waals surface area contributed by atoms with Gasteiger partial charge in [-0.05, 0) is 48.8 Å². The summed E-state index contributed by atoms with van der Waals surface area (Å²) in [6, 6.07) is 15.8. The van der Waals surface area contributed by atoms with Crippen LogP contribution in [0, 0.1) is 5.92 Å². The molecule has 0 amide bonds. The molecule has 0 spiro atoms. The van der Waals surface area contributed by atoms with Crippen LogP contribution in [0.1, 0.15) is 31.9 Å². The third-order valence-electron chi connectivity index (χ3n) is 5.26. The van der Waals surface area contributed by atoms with E-state index in [-0.39, 0.29) is 0 Å². The van der Waals surface area contributed by atoms with E-state index in [0.717, 1.165) is 32.4 Å². The number of hydrogen-bond acceptors (Lipinski definition) is 3. The lowest BCUT2D eigenvalue weighted by atomic mass is 9.99. The van der Waals surface area contributed by atoms with Crippen LogP contribution in [0.15, 0.2) is 48.7 Å². The van der Waals surface area contributed by atoms with Crippen LogP contribution < -0.4 is 15.5 Å². The fourth-order valence-electron chi connectivity index (χ4n) is 3.77. The van der Waals surface area contributed by atoms with E-state index in [4.69, 9.17) is 0 Å². The molecule has 1 aliphatic rings. The van der Waals surface area contributed by atoms with Crippen LogP contribution >= 0.6 is 8.58 Å². The Hall–Kier alpha value is -1.44. The summed E-state index contributed by atoms with van der Waals surface area (Å²) in [5.74, 6) is 0.774. The highest BCUT2D eigenvalue weighted by Gasteiger charge is 2.31. The summed E-state index contributed by atoms with van der Waals surface area (Å²) in [6.07, 6.45) is 6.00. The van der Waals surface area contributed by atoms with Gasteiger partial charge in [0.1, 0.15) is 0 Å². The van der Waals surface area contributed by atoms with Gasteiger partial charge in [-0.2, -0.15) is 0 Å². The summed E-state index contributed by atoms with van der Waals surface area (Å²) < 4.78 is 0. The van der Waals surface area contributed by atoms with E-state index < -0.39 is 0 Å². The van der Waals surface area contributed by atoms with Crippen LogP contribution in [0.2, 0.25) is 0 Å². The second-order valence-corrected chi connectivity index (χ2v) is 8.89. The van der Waals surface area contributed by atoms with Crippen LogP contribution in [0.4, 0.5) is 5.69 Å². The number of rotatable bonds is 7. The molecule has 1 aliphatic carbocycles. The highest BCUT2D eigenvalue weighted by atomic mass is 31.1. The molecule has 134 valence electrons. The molecular weight excluding hydrogens is 325 g/mol. The van der Waals surface area contributed by atoms with E-state index in [2.05, 4.69) is 78.7 Å². The third kappa shape index (κ3) is 5.03. The molecule has 25 heavy (non-hydrogen) atoms. The van der Waals surface area contributed by atoms with Gasteiger partial charge in [-0.1, -0.05) is 45.3 Å². The lowest BCUT2D eigenvalue weighted by molar-refractivity contribution is 0.384. The van der Waals surface area contributed by atoms with Crippen molar-refractivity contribution in [2.24, 2.45) is 5.92 Å². The average Bonchev–Trinajstić information content (AvgIpc) is 3.09. The van der Waals surface area contributed by atoms with Gasteiger partial charge in [-0.25, -0.2) is 0 Å². The van der Waals surface area contributed by atoms with Gasteiger partial charge in [0.05, 0.1) is 5.69 Å². The number of benzene rings is 1. The molecular formula is C21H30N3P. The van der Waals surface area contributed by atoms with Gasteiger partial charge >= 0.3 is 0 Å². The third-order valence-corrected chi connectivity index (χ3v) is 7.01. The van der Waals surface area contributed by atoms with Crippen molar-refractivity contribution in [3.05, 3.63) is 54.4 Å². The Morgan fingerprint density at radius 3 is 2.76 bits per heavy atom. The maximum Gasteiger partial charge on any atom is 0.0562 e. The zero-order chi connectivity index (χ0) is 17.6. The highest BCUT2D eigenvalue weighted by Crippen LogP contribution is 2.40. The summed E-state index contributed by atoms with van der Waals surface area (Å²) >= 11 is 0. The van der Waals surface area contributed by atoms with Crippen molar-refractivity contribution in [3.63, 3.8) is 0 Å². The van der Waals surface area contributed by atoms with Crippen LogP contribution in [-0.2, 0) is 6.54 Å². The second-order valence-electron chi connectivity index (χ2n) is 7.28. The molecule has 0 bridgehead atoms. The average molecular weight is 355 g/mol. The van der Waals surface area contributed by atoms with E-state index in [1.54, 1.807) is 0 Å². The zero-order valence-electron chi connectivity index (χ0n) is 15.6. The minimum absolute atomic E-state index is 0.536. The summed E-state index contributed by atoms with van der Waals surface area (Å²) in [6.45, 7) is 3.20. The zero-order valence-corrected chi connectivity index (χ0v) is 16.6. The maximum absolute atomic E-state index is 4.52. The molecule has 2 aromatic rings. The Kier molecular flexibility index (Phi) is 6.45. The van der Waals surface area contributed by atoms with Gasteiger partial charge in [0.25, 0.3) is 0 Å². The minimum Gasteiger partial charge on any atom is -0.378 e. The lowest BCUT2D eigenvalue weighted by Gasteiger charge is -2.27. The topological polar surface area (TPSA) is 28.2 Å². The predicted octanol–water partition coefficient (Wildman–Crippen LogP) is 3.80. The largest absolute Gasteiger partial charge is 0.378 e. The summed E-state index contributed by atoms with van der Waals surface area (Å²) in [4.78, 5) is 6.65. The summed E-state index contributed by atoms with van der Waals surface area (Å²) in [7, 11) is 5.08. The molecule has 1 aromatic heterocycles. The SMILES string of the molecule is C[C@H](NCc1cc(N(C)C)ccn1)C1CCCC1Pc1ccccc1. The number of hydrogen-bond donors (Lipinski definition) is 1. The summed E-state index contributed by atoms with van der Waals surface area (Å²) in [5.41, 5.74) is 3.16. The highest BCUT2D eigenvalue weighted by molar-refractivity contribution is 7.48. The van der Waals surface area contributed by atoms with Crippen molar-refractivity contribution >= 4 is 19.6 Å². The van der Waals surface area contributed by atoms with Gasteiger partial charge in [-0.15, -0.1) is 0 Å². The van der Waals surface area contributed by atoms with Crippen LogP contribution in [-0.4, -0.2) is 30.8 Å². The second kappa shape index (κ2) is 8.78. The fourth-order valence-corrected chi connectivity index (χ4v) is 5.60. The normalized spacial score (nSPS) is 21.7. The Bertz CT molecular complexity index is 659. The molecule has 1 aromatic carbocycles. The molecule has 3 unspecified atom stereocenters. The Morgan fingerprint density at radius 2 is 2.00 bits per heavy atom. The summed E-state index contributed by atoms with van der Waals surface area (Å²) in [5, 5.41) is 5.25. The Morgan fingerprint density at radius 1 is 1.20 bits per heavy atom. The smallest absolute Gasteiger partial charge is 0.0562 e. The quantitative estimate of drug-likeness (QED) is 0.766. The van der Waals surface area contributed by atoms with E-state index in [9.17, 15) is 0 Å². The van der Waals surface area contributed by atoms with Crippen LogP contribution in [0.3, 0.4) is 0 Å². The standard InChI is InChI=1S/C21H30N3P/c1-16(23-15-17-14-18(24(2)3)12-13-22-17)20-10-7-11-21(20)25-19-8-5-4-6-9-19/h4-6,8-9,12-14,16,20-21,23,25H,7,10-11,15H2,1-3H3/t16-,20?,21?/m0/s1. The number of anilines is 1. The monoisotopic (exact) mass is 355 g/mol. The molecule has 1 saturated carbocycles. The molecule has 3 nitrogen and oxygen atoms in total. The van der Waals surface area contributed by atoms with Gasteiger partial charge in [0.2, 0.25) is 0 Å². The molecule has 4 atom stereocenters. The maximum atomic E-state index is 4.52. The Labute approximate surface area is 154 Å². The molecule has 1 fully saturated rings. The number of aromatic nitrogens is 1. The molecule has 0 radical (unpaired) electrons. The Balaban J connectivity index is 1.56. The van der Waals surface area contributed by atoms with E-state index in [1.807, 2.05) is 6.20 Å². The van der Waals surface area contributed by atoms with Crippen molar-refractivity contribution in [2.45, 2.75) is 44.4 Å². The van der Waals surface area contributed by atoms with Crippen molar-refractivity contribution in [1.29, 1.82) is 0 Å². The van der Waals surface area contributed by atoms with Gasteiger partial charge < -0.3 is 10.2 Å². The van der Waals surface area contributed by atoms with Crippen molar-refractivity contribution in [1.82, 2.24) is 10.3 Å². The lowest BCUT2D eigenvalue weighted by Crippen LogP contribution is -2.36. The molecule has 0 saturated heterocycles. The van der Waals surface area contributed by atoms with Crippen molar-refractivity contribution in [2.75, 3.05) is 19.0 Å². The number of pyridine rings is 1. The van der Waals surface area contributed by atoms with Crippen molar-refractivity contribution in [3.8, 4) is 0 Å². The van der Waals surface area contributed by atoms with Gasteiger partial charge in [0.15, 0.2) is 0 Å². The van der Waals surface area contributed by atoms with Crippen LogP contribution in [0.25, 0.3) is 0 Å². The number of nitrogens with one attached hydrogen (secondary N) is 1. The molecule has 3 rings (SSSR count). The minimum atomic E-state index is 0.536. The van der Waals surface area contributed by atoms with E-state index in [0.29, 0.717) is 6.04 Å². The van der Waals surface area contributed by atoms with Crippen LogP contribution in [0.5, 0.6) is 0 Å². The van der Waals surface area contributed by atoms with E-state index in [1.165, 1.54) is 30.3 Å². The predicted molar refractivity (Wildman–Crippen MR) is 110 cm³/mol.